The molecule has 0 amide bonds. The van der Waals surface area contributed by atoms with Crippen molar-refractivity contribution < 1.29 is 9.84 Å². The summed E-state index contributed by atoms with van der Waals surface area (Å²) in [5.41, 5.74) is -0.192. The summed E-state index contributed by atoms with van der Waals surface area (Å²) in [4.78, 5) is 0. The lowest BCUT2D eigenvalue weighted by Gasteiger charge is -2.49. The highest BCUT2D eigenvalue weighted by molar-refractivity contribution is 4.97. The van der Waals surface area contributed by atoms with E-state index >= 15 is 0 Å². The number of hydrogen-bond acceptors (Lipinski definition) is 2. The molecule has 0 saturated heterocycles. The van der Waals surface area contributed by atoms with Crippen molar-refractivity contribution in [1.29, 1.82) is 0 Å². The van der Waals surface area contributed by atoms with E-state index in [0.29, 0.717) is 13.2 Å². The van der Waals surface area contributed by atoms with Gasteiger partial charge in [-0.25, -0.2) is 0 Å². The first kappa shape index (κ1) is 13.0. The van der Waals surface area contributed by atoms with Crippen LogP contribution < -0.4 is 0 Å². The van der Waals surface area contributed by atoms with Crippen LogP contribution in [0.2, 0.25) is 0 Å². The third-order valence-electron chi connectivity index (χ3n) is 3.15. The SMILES string of the molecule is CCOCC1(O)CC(C)(C)CC(C)(C)C1. The Morgan fingerprint density at radius 1 is 1.00 bits per heavy atom. The molecule has 0 heterocycles. The van der Waals surface area contributed by atoms with Gasteiger partial charge in [0.05, 0.1) is 12.2 Å². The maximum Gasteiger partial charge on any atom is 0.0890 e. The van der Waals surface area contributed by atoms with Gasteiger partial charge in [0.25, 0.3) is 0 Å². The average Bonchev–Trinajstić information content (AvgIpc) is 1.93. The van der Waals surface area contributed by atoms with Gasteiger partial charge in [-0.2, -0.15) is 0 Å². The smallest absolute Gasteiger partial charge is 0.0890 e. The standard InChI is InChI=1S/C13H26O2/c1-6-15-10-13(14)8-11(2,3)7-12(4,5)9-13/h14H,6-10H2,1-5H3. The van der Waals surface area contributed by atoms with Crippen LogP contribution in [0.4, 0.5) is 0 Å². The first-order valence-electron chi connectivity index (χ1n) is 5.98. The molecule has 1 rings (SSSR count). The van der Waals surface area contributed by atoms with Crippen molar-refractivity contribution in [2.45, 2.75) is 59.5 Å². The van der Waals surface area contributed by atoms with Crippen LogP contribution >= 0.6 is 0 Å². The van der Waals surface area contributed by atoms with Crippen molar-refractivity contribution in [1.82, 2.24) is 0 Å². The molecule has 15 heavy (non-hydrogen) atoms. The van der Waals surface area contributed by atoms with Crippen LogP contribution in [0.1, 0.15) is 53.9 Å². The molecule has 1 aliphatic carbocycles. The Balaban J connectivity index is 2.73. The molecule has 0 aromatic rings. The summed E-state index contributed by atoms with van der Waals surface area (Å²) < 4.78 is 5.41. The summed E-state index contributed by atoms with van der Waals surface area (Å²) in [5, 5.41) is 10.5. The third-order valence-corrected chi connectivity index (χ3v) is 3.15. The summed E-state index contributed by atoms with van der Waals surface area (Å²) >= 11 is 0. The van der Waals surface area contributed by atoms with Crippen molar-refractivity contribution in [3.05, 3.63) is 0 Å². The lowest BCUT2D eigenvalue weighted by Crippen LogP contribution is -2.48. The van der Waals surface area contributed by atoms with Crippen LogP contribution in [0.5, 0.6) is 0 Å². The molecule has 90 valence electrons. The Bertz CT molecular complexity index is 203. The van der Waals surface area contributed by atoms with Crippen molar-refractivity contribution >= 4 is 0 Å². The molecule has 1 aliphatic rings. The first-order chi connectivity index (χ1) is 6.68. The molecular formula is C13H26O2. The molecule has 0 bridgehead atoms. The summed E-state index contributed by atoms with van der Waals surface area (Å²) in [5.74, 6) is 0. The monoisotopic (exact) mass is 214 g/mol. The van der Waals surface area contributed by atoms with Crippen molar-refractivity contribution in [2.24, 2.45) is 10.8 Å². The Morgan fingerprint density at radius 2 is 1.47 bits per heavy atom. The van der Waals surface area contributed by atoms with E-state index in [2.05, 4.69) is 27.7 Å². The zero-order valence-electron chi connectivity index (χ0n) is 10.9. The first-order valence-corrected chi connectivity index (χ1v) is 5.98. The van der Waals surface area contributed by atoms with Gasteiger partial charge in [0.1, 0.15) is 0 Å². The van der Waals surface area contributed by atoms with Gasteiger partial charge in [0.2, 0.25) is 0 Å². The molecular weight excluding hydrogens is 188 g/mol. The second-order valence-corrected chi connectivity index (χ2v) is 6.72. The van der Waals surface area contributed by atoms with E-state index in [1.807, 2.05) is 6.92 Å². The van der Waals surface area contributed by atoms with E-state index in [9.17, 15) is 5.11 Å². The quantitative estimate of drug-likeness (QED) is 0.782. The minimum absolute atomic E-state index is 0.216. The highest BCUT2D eigenvalue weighted by Gasteiger charge is 2.46. The fourth-order valence-corrected chi connectivity index (χ4v) is 3.66. The van der Waals surface area contributed by atoms with Crippen molar-refractivity contribution in [3.8, 4) is 0 Å². The Hall–Kier alpha value is -0.0800. The lowest BCUT2D eigenvalue weighted by atomic mass is 9.60. The molecule has 0 unspecified atom stereocenters. The molecule has 0 radical (unpaired) electrons. The van der Waals surface area contributed by atoms with Gasteiger partial charge in [-0.3, -0.25) is 0 Å². The van der Waals surface area contributed by atoms with Gasteiger partial charge in [-0.15, -0.1) is 0 Å². The van der Waals surface area contributed by atoms with Gasteiger partial charge in [-0.1, -0.05) is 27.7 Å². The van der Waals surface area contributed by atoms with Gasteiger partial charge in [0.15, 0.2) is 0 Å². The lowest BCUT2D eigenvalue weighted by molar-refractivity contribution is -0.125. The molecule has 2 heteroatoms. The van der Waals surface area contributed by atoms with Crippen LogP contribution in [-0.4, -0.2) is 23.9 Å². The minimum atomic E-state index is -0.624. The second-order valence-electron chi connectivity index (χ2n) is 6.72. The highest BCUT2D eigenvalue weighted by atomic mass is 16.5. The predicted octanol–water partition coefficient (Wildman–Crippen LogP) is 2.99. The Morgan fingerprint density at radius 3 is 1.87 bits per heavy atom. The third kappa shape index (κ3) is 3.76. The van der Waals surface area contributed by atoms with E-state index in [1.54, 1.807) is 0 Å². The Kier molecular flexibility index (Phi) is 3.52. The van der Waals surface area contributed by atoms with Crippen molar-refractivity contribution in [3.63, 3.8) is 0 Å². The molecule has 0 aromatic heterocycles. The van der Waals surface area contributed by atoms with E-state index in [4.69, 9.17) is 4.74 Å². The number of rotatable bonds is 3. The fourth-order valence-electron chi connectivity index (χ4n) is 3.66. The van der Waals surface area contributed by atoms with Gasteiger partial charge in [0, 0.05) is 6.61 Å². The maximum atomic E-state index is 10.5. The molecule has 1 fully saturated rings. The maximum absolute atomic E-state index is 10.5. The van der Waals surface area contributed by atoms with E-state index in [1.165, 1.54) is 6.42 Å². The van der Waals surface area contributed by atoms with Crippen LogP contribution in [0.3, 0.4) is 0 Å². The molecule has 0 spiro atoms. The second kappa shape index (κ2) is 4.06. The molecule has 0 aliphatic heterocycles. The van der Waals surface area contributed by atoms with Gasteiger partial charge < -0.3 is 9.84 Å². The molecule has 0 atom stereocenters. The normalized spacial score (nSPS) is 27.6. The molecule has 1 saturated carbocycles. The topological polar surface area (TPSA) is 29.5 Å². The number of aliphatic hydroxyl groups is 1. The molecule has 0 aromatic carbocycles. The summed E-state index contributed by atoms with van der Waals surface area (Å²) in [7, 11) is 0. The largest absolute Gasteiger partial charge is 0.387 e. The highest BCUT2D eigenvalue weighted by Crippen LogP contribution is 2.50. The average molecular weight is 214 g/mol. The van der Waals surface area contributed by atoms with Gasteiger partial charge >= 0.3 is 0 Å². The van der Waals surface area contributed by atoms with Crippen molar-refractivity contribution in [2.75, 3.05) is 13.2 Å². The van der Waals surface area contributed by atoms with Crippen LogP contribution in [0, 0.1) is 10.8 Å². The minimum Gasteiger partial charge on any atom is -0.387 e. The van der Waals surface area contributed by atoms with E-state index in [-0.39, 0.29) is 10.8 Å². The molecule has 1 N–H and O–H groups in total. The predicted molar refractivity (Wildman–Crippen MR) is 62.9 cm³/mol. The Labute approximate surface area is 94.0 Å². The summed E-state index contributed by atoms with van der Waals surface area (Å²) in [6, 6.07) is 0. The molecule has 2 nitrogen and oxygen atoms in total. The fraction of sp³-hybridized carbons (Fsp3) is 1.00. The zero-order valence-corrected chi connectivity index (χ0v) is 10.9. The van der Waals surface area contributed by atoms with Gasteiger partial charge in [-0.05, 0) is 37.0 Å². The zero-order chi connectivity index (χ0) is 11.7. The van der Waals surface area contributed by atoms with Crippen LogP contribution in [-0.2, 0) is 4.74 Å². The van der Waals surface area contributed by atoms with Crippen LogP contribution in [0.25, 0.3) is 0 Å². The number of hydrogen-bond donors (Lipinski definition) is 1. The van der Waals surface area contributed by atoms with E-state index < -0.39 is 5.60 Å². The summed E-state index contributed by atoms with van der Waals surface area (Å²) in [6.45, 7) is 12.1. The number of ether oxygens (including phenoxy) is 1. The van der Waals surface area contributed by atoms with E-state index in [0.717, 1.165) is 12.8 Å². The summed E-state index contributed by atoms with van der Waals surface area (Å²) in [6.07, 6.45) is 2.88. The van der Waals surface area contributed by atoms with Crippen LogP contribution in [0.15, 0.2) is 0 Å².